The fourth-order valence-electron chi connectivity index (χ4n) is 4.64. The number of thiocyanates is 1. The minimum atomic E-state index is -0.303. The van der Waals surface area contributed by atoms with Crippen LogP contribution in [0.3, 0.4) is 0 Å². The molecule has 0 saturated carbocycles. The predicted molar refractivity (Wildman–Crippen MR) is 255 cm³/mol. The van der Waals surface area contributed by atoms with Gasteiger partial charge < -0.3 is 15.9 Å². The average Bonchev–Trinajstić information content (AvgIpc) is 3.70. The molecule has 7 N–H and O–H groups in total. The van der Waals surface area contributed by atoms with Gasteiger partial charge in [0.15, 0.2) is 10.6 Å². The summed E-state index contributed by atoms with van der Waals surface area (Å²) in [6, 6.07) is 32.4. The Morgan fingerprint density at radius 3 is 1.69 bits per heavy atom. The van der Waals surface area contributed by atoms with Crippen molar-refractivity contribution in [2.45, 2.75) is 18.2 Å². The number of nitriles is 1. The van der Waals surface area contributed by atoms with Crippen LogP contribution in [0.15, 0.2) is 151 Å². The number of amides is 2. The van der Waals surface area contributed by atoms with E-state index in [1.165, 1.54) is 12.4 Å². The Labute approximate surface area is 442 Å². The molecule has 326 valence electrons. The van der Waals surface area contributed by atoms with Gasteiger partial charge in [0.05, 0.1) is 5.69 Å². The third kappa shape index (κ3) is 21.6. The van der Waals surface area contributed by atoms with Crippen LogP contribution >= 0.6 is 71.0 Å². The number of pyridine rings is 3. The van der Waals surface area contributed by atoms with Gasteiger partial charge in [-0.2, -0.15) is 10.4 Å². The number of aliphatic hydroxyl groups is 1. The number of nitrogen functional groups attached to an aromatic ring is 1. The Morgan fingerprint density at radius 2 is 1.22 bits per heavy atom. The molecule has 0 aliphatic carbocycles. The molecular weight excluding hydrogens is 962 g/mol. The number of nitrogens with two attached hydrogens (primary N) is 1. The zero-order valence-electron chi connectivity index (χ0n) is 34.3. The van der Waals surface area contributed by atoms with E-state index >= 15 is 0 Å². The maximum absolute atomic E-state index is 11.8. The summed E-state index contributed by atoms with van der Waals surface area (Å²) >= 11 is 29.0. The van der Waals surface area contributed by atoms with Crippen molar-refractivity contribution >= 4 is 87.7 Å². The number of thiocarbonyl (C=S) groups is 1. The number of aromatic amines is 1. The molecule has 0 saturated heterocycles. The summed E-state index contributed by atoms with van der Waals surface area (Å²) in [5.41, 5.74) is 6.04. The molecule has 0 spiro atoms. The molecule has 0 aliphatic heterocycles. The van der Waals surface area contributed by atoms with Crippen LogP contribution < -0.4 is 68.0 Å². The predicted octanol–water partition coefficient (Wildman–Crippen LogP) is 6.15. The average molecular weight is 1000 g/mol. The summed E-state index contributed by atoms with van der Waals surface area (Å²) in [5.74, 6) is 5.18. The number of benzene rings is 3. The van der Waals surface area contributed by atoms with Crippen molar-refractivity contribution in [2.24, 2.45) is 5.84 Å². The van der Waals surface area contributed by atoms with E-state index in [-0.39, 0.29) is 75.3 Å². The Hall–Kier alpha value is -4.27. The van der Waals surface area contributed by atoms with Crippen molar-refractivity contribution in [2.75, 3.05) is 13.2 Å². The Kier molecular flexibility index (Phi) is 30.0. The standard InChI is InChI=1S/C15H13ClN2OS.C13H9ClN4S.C7H4ClNS.C6H7N3O.C2H6O.K.H2O/c16-13-3-1-11(2-4-13)9-14(20)10-18-15(19)12-5-7-17-8-6-12;14-10-1-3-11(4-2-10)18-12(16-17-13(18)19)9-5-7-15-8-6-9;8-6-1-3-7(4-2-6)10-5-9;7-9-6(10)5-1-3-8-4-2-5;1-2-3;;/h1-8H,9-10H2,(H,18,19);1-8H,(H,17,19);1-4H;1-4H,7H2,(H,9,10);3H,2H2,1H3;;1H2/q;;;;;+1;/p-1. The number of nitrogens with one attached hydrogen (secondary N) is 3. The third-order valence-electron chi connectivity index (χ3n) is 7.45. The van der Waals surface area contributed by atoms with E-state index in [1.807, 2.05) is 88.2 Å². The number of rotatable bonds is 9. The summed E-state index contributed by atoms with van der Waals surface area (Å²) < 4.78 is 2.40. The molecule has 0 aliphatic rings. The van der Waals surface area contributed by atoms with Crippen LogP contribution in [0.4, 0.5) is 0 Å². The summed E-state index contributed by atoms with van der Waals surface area (Å²) in [7, 11) is 0. The first kappa shape index (κ1) is 57.7. The van der Waals surface area contributed by atoms with Crippen LogP contribution in [0.25, 0.3) is 17.1 Å². The van der Waals surface area contributed by atoms with Gasteiger partial charge in [0.2, 0.25) is 0 Å². The molecule has 4 heterocycles. The van der Waals surface area contributed by atoms with Gasteiger partial charge in [0.25, 0.3) is 11.8 Å². The zero-order chi connectivity index (χ0) is 45.1. The number of hydrogen-bond donors (Lipinski definition) is 5. The second-order valence-electron chi connectivity index (χ2n) is 11.8. The van der Waals surface area contributed by atoms with E-state index < -0.39 is 0 Å². The first-order valence-corrected chi connectivity index (χ1v) is 20.9. The van der Waals surface area contributed by atoms with Gasteiger partial charge in [-0.3, -0.25) is 39.6 Å². The van der Waals surface area contributed by atoms with Crippen molar-refractivity contribution < 1.29 is 71.6 Å². The van der Waals surface area contributed by atoms with Gasteiger partial charge in [-0.25, -0.2) is 5.84 Å². The van der Waals surface area contributed by atoms with E-state index in [4.69, 9.17) is 75.4 Å². The van der Waals surface area contributed by atoms with E-state index in [1.54, 1.807) is 68.1 Å². The monoisotopic (exact) mass is 1000 g/mol. The minimum absolute atomic E-state index is 0. The van der Waals surface area contributed by atoms with Gasteiger partial charge in [-0.15, -0.1) is 0 Å². The molecule has 7 aromatic rings. The van der Waals surface area contributed by atoms with Gasteiger partial charge in [0, 0.05) is 98.3 Å². The quantitative estimate of drug-likeness (QED) is 0.0208. The number of nitrogens with zero attached hydrogens (tertiary/aromatic N) is 6. The molecule has 21 heteroatoms. The molecule has 3 aromatic carbocycles. The van der Waals surface area contributed by atoms with Crippen LogP contribution in [0.2, 0.25) is 15.1 Å². The summed E-state index contributed by atoms with van der Waals surface area (Å²) in [4.78, 5) is 35.9. The van der Waals surface area contributed by atoms with E-state index in [9.17, 15) is 9.59 Å². The van der Waals surface area contributed by atoms with Gasteiger partial charge in [0.1, 0.15) is 5.40 Å². The van der Waals surface area contributed by atoms with Crippen molar-refractivity contribution in [1.82, 2.24) is 40.5 Å². The molecule has 0 atom stereocenters. The number of H-pyrrole nitrogens is 1. The van der Waals surface area contributed by atoms with Crippen molar-refractivity contribution in [3.63, 3.8) is 0 Å². The normalized spacial score (nSPS) is 9.33. The van der Waals surface area contributed by atoms with Crippen molar-refractivity contribution in [3.8, 4) is 22.5 Å². The van der Waals surface area contributed by atoms with Crippen LogP contribution in [-0.2, 0) is 6.42 Å². The van der Waals surface area contributed by atoms with E-state index in [0.29, 0.717) is 43.9 Å². The maximum Gasteiger partial charge on any atom is 1.00 e. The minimum Gasteiger partial charge on any atom is -0.870 e. The van der Waals surface area contributed by atoms with E-state index in [0.717, 1.165) is 44.2 Å². The van der Waals surface area contributed by atoms with Crippen LogP contribution in [-0.4, -0.2) is 70.1 Å². The molecule has 0 radical (unpaired) electrons. The molecule has 0 bridgehead atoms. The number of aromatic nitrogens is 6. The first-order chi connectivity index (χ1) is 30.0. The number of carbonyl (C=O) groups is 2. The fraction of sp³-hybridized carbons (Fsp3) is 0.0930. The number of thioether (sulfide) groups is 1. The number of hydrazine groups is 1. The zero-order valence-corrected chi connectivity index (χ0v) is 42.1. The Bertz CT molecular complexity index is 2520. The smallest absolute Gasteiger partial charge is 0.870 e. The number of aliphatic hydroxyl groups excluding tert-OH is 1. The maximum atomic E-state index is 11.8. The third-order valence-corrected chi connectivity index (χ3v) is 9.37. The largest absolute Gasteiger partial charge is 1.00 e. The number of halogens is 3. The molecule has 0 unspecified atom stereocenters. The van der Waals surface area contributed by atoms with Gasteiger partial charge in [-0.05, 0) is 134 Å². The van der Waals surface area contributed by atoms with Crippen LogP contribution in [0.5, 0.6) is 0 Å². The summed E-state index contributed by atoms with van der Waals surface area (Å²) in [5, 5.41) is 29.8. The second kappa shape index (κ2) is 33.2. The van der Waals surface area contributed by atoms with Crippen molar-refractivity contribution in [1.29, 1.82) is 5.26 Å². The number of hydrogen-bond acceptors (Lipinski definition) is 13. The van der Waals surface area contributed by atoms with Gasteiger partial charge in [-0.1, -0.05) is 59.2 Å². The fourth-order valence-corrected chi connectivity index (χ4v) is 5.87. The summed E-state index contributed by atoms with van der Waals surface area (Å²) in [6.07, 6.45) is 10.3. The molecule has 14 nitrogen and oxygen atoms in total. The molecule has 64 heavy (non-hydrogen) atoms. The van der Waals surface area contributed by atoms with Crippen molar-refractivity contribution in [3.05, 3.63) is 183 Å². The number of carbonyl (C=O) groups excluding carboxylic acids is 2. The molecule has 0 fully saturated rings. The van der Waals surface area contributed by atoms with Crippen LogP contribution in [0.1, 0.15) is 33.2 Å². The van der Waals surface area contributed by atoms with E-state index in [2.05, 4.69) is 30.5 Å². The second-order valence-corrected chi connectivity index (χ2v) is 15.0. The first-order valence-electron chi connectivity index (χ1n) is 18.1. The topological polar surface area (TPSA) is 231 Å². The van der Waals surface area contributed by atoms with Crippen LogP contribution in [0, 0.1) is 15.4 Å². The molecule has 7 rings (SSSR count). The molecule has 2 amide bonds. The van der Waals surface area contributed by atoms with Gasteiger partial charge >= 0.3 is 51.4 Å². The Morgan fingerprint density at radius 1 is 0.781 bits per heavy atom. The SMILES string of the molecule is CCO.N#CSc1ccc(Cl)cc1.NNC(=O)c1ccncc1.O=C(NCC(=S)Cc1ccc(Cl)cc1)c1ccncc1.S=c1[nH]nc(-c2ccncc2)n1-c1ccc(Cl)cc1.[K+].[OH-]. The Balaban J connectivity index is 0.000000431. The molecule has 4 aromatic heterocycles. The molecular formula is C43H40Cl3KN10O4S3. The summed E-state index contributed by atoms with van der Waals surface area (Å²) in [6.45, 7) is 2.30.